The number of fused-ring (bicyclic) bond motifs is 1. The molecule has 0 radical (unpaired) electrons. The van der Waals surface area contributed by atoms with Crippen molar-refractivity contribution in [2.75, 3.05) is 26.7 Å². The number of rotatable bonds is 13. The van der Waals surface area contributed by atoms with E-state index in [1.54, 1.807) is 24.7 Å². The zero-order valence-electron chi connectivity index (χ0n) is 25.2. The molecule has 1 heterocycles. The van der Waals surface area contributed by atoms with Gasteiger partial charge in [-0.15, -0.1) is 11.3 Å². The van der Waals surface area contributed by atoms with E-state index in [1.165, 1.54) is 26.7 Å². The number of aliphatic hydroxyl groups is 1. The highest BCUT2D eigenvalue weighted by atomic mass is 32.2. The van der Waals surface area contributed by atoms with Gasteiger partial charge in [0.15, 0.2) is 0 Å². The summed E-state index contributed by atoms with van der Waals surface area (Å²) >= 11 is 1.35. The average molecular weight is 618 g/mol. The third-order valence-corrected chi connectivity index (χ3v) is 9.12. The second kappa shape index (κ2) is 14.5. The molecule has 2 amide bonds. The van der Waals surface area contributed by atoms with Crippen molar-refractivity contribution in [3.8, 4) is 0 Å². The molecule has 2 atom stereocenters. The lowest BCUT2D eigenvalue weighted by molar-refractivity contribution is -0.149. The SMILES string of the molecule is CNCC(=O)NN(C(=O)CC(C)(C)C)C(Cc1ccccc1)[C@H](O)CN(CC(C)C)S(=O)(=O)c1ccc2ncsc2c1. The Labute approximate surface area is 253 Å². The Morgan fingerprint density at radius 2 is 1.76 bits per heavy atom. The van der Waals surface area contributed by atoms with Crippen LogP contribution in [0, 0.1) is 11.3 Å². The molecule has 0 fully saturated rings. The standard InChI is InChI=1S/C30H43N5O5S2/c1-21(2)18-34(42(39,40)23-12-13-24-27(15-23)41-20-32-24)19-26(36)25(14-22-10-8-7-9-11-22)35(33-28(37)17-31-6)29(38)16-30(3,4)5/h7-13,15,20-21,25-26,31,36H,14,16-19H2,1-6H3,(H,33,37)/t25?,26-/m1/s1. The van der Waals surface area contributed by atoms with Crippen LogP contribution in [0.15, 0.2) is 58.9 Å². The minimum atomic E-state index is -4.02. The van der Waals surface area contributed by atoms with Crippen molar-refractivity contribution >= 4 is 43.4 Å². The molecule has 1 aromatic heterocycles. The summed E-state index contributed by atoms with van der Waals surface area (Å²) in [4.78, 5) is 30.7. The van der Waals surface area contributed by atoms with E-state index in [9.17, 15) is 23.1 Å². The van der Waals surface area contributed by atoms with Gasteiger partial charge in [-0.05, 0) is 48.6 Å². The van der Waals surface area contributed by atoms with Crippen molar-refractivity contribution < 1.29 is 23.1 Å². The Morgan fingerprint density at radius 1 is 1.07 bits per heavy atom. The largest absolute Gasteiger partial charge is 0.390 e. The van der Waals surface area contributed by atoms with Crippen LogP contribution in [0.2, 0.25) is 0 Å². The molecule has 0 aliphatic carbocycles. The fourth-order valence-electron chi connectivity index (χ4n) is 4.61. The molecule has 1 unspecified atom stereocenters. The summed E-state index contributed by atoms with van der Waals surface area (Å²) in [5.74, 6) is -0.865. The van der Waals surface area contributed by atoms with Crippen molar-refractivity contribution in [1.29, 1.82) is 0 Å². The fraction of sp³-hybridized carbons (Fsp3) is 0.500. The Kier molecular flexibility index (Phi) is 11.6. The van der Waals surface area contributed by atoms with E-state index in [-0.39, 0.29) is 49.2 Å². The first kappa shape index (κ1) is 33.6. The van der Waals surface area contributed by atoms with Gasteiger partial charge in [0.1, 0.15) is 0 Å². The zero-order chi connectivity index (χ0) is 31.1. The minimum Gasteiger partial charge on any atom is -0.390 e. The molecule has 0 spiro atoms. The molecular weight excluding hydrogens is 574 g/mol. The molecule has 10 nitrogen and oxygen atoms in total. The van der Waals surface area contributed by atoms with E-state index >= 15 is 0 Å². The van der Waals surface area contributed by atoms with Crippen LogP contribution in [-0.4, -0.2) is 78.5 Å². The number of nitrogens with zero attached hydrogens (tertiary/aromatic N) is 3. The molecular formula is C30H43N5O5S2. The first-order valence-corrected chi connectivity index (χ1v) is 16.3. The third-order valence-electron chi connectivity index (χ3n) is 6.50. The van der Waals surface area contributed by atoms with Gasteiger partial charge in [0.05, 0.1) is 39.3 Å². The highest BCUT2D eigenvalue weighted by Gasteiger charge is 2.37. The van der Waals surface area contributed by atoms with Crippen molar-refractivity contribution in [2.45, 2.75) is 64.5 Å². The smallest absolute Gasteiger partial charge is 0.252 e. The Bertz CT molecular complexity index is 1440. The molecule has 0 saturated heterocycles. The maximum absolute atomic E-state index is 13.9. The van der Waals surface area contributed by atoms with Gasteiger partial charge in [0.25, 0.3) is 5.91 Å². The molecule has 0 saturated carbocycles. The second-order valence-electron chi connectivity index (χ2n) is 12.1. The van der Waals surface area contributed by atoms with E-state index in [0.717, 1.165) is 10.3 Å². The van der Waals surface area contributed by atoms with Gasteiger partial charge in [-0.1, -0.05) is 65.0 Å². The number of carbonyl (C=O) groups is 2. The topological polar surface area (TPSA) is 132 Å². The molecule has 230 valence electrons. The first-order valence-electron chi connectivity index (χ1n) is 14.0. The number of hydrogen-bond donors (Lipinski definition) is 3. The maximum atomic E-state index is 13.9. The van der Waals surface area contributed by atoms with E-state index in [4.69, 9.17) is 0 Å². The number of thiazole rings is 1. The van der Waals surface area contributed by atoms with Gasteiger partial charge >= 0.3 is 0 Å². The van der Waals surface area contributed by atoms with Gasteiger partial charge in [-0.3, -0.25) is 15.0 Å². The summed E-state index contributed by atoms with van der Waals surface area (Å²) in [6.07, 6.45) is -1.03. The molecule has 0 bridgehead atoms. The van der Waals surface area contributed by atoms with Crippen molar-refractivity contribution in [1.82, 2.24) is 25.0 Å². The van der Waals surface area contributed by atoms with Gasteiger partial charge in [0.2, 0.25) is 15.9 Å². The second-order valence-corrected chi connectivity index (χ2v) is 14.9. The number of sulfonamides is 1. The van der Waals surface area contributed by atoms with Crippen LogP contribution in [0.5, 0.6) is 0 Å². The van der Waals surface area contributed by atoms with Crippen molar-refractivity contribution in [3.63, 3.8) is 0 Å². The predicted octanol–water partition coefficient (Wildman–Crippen LogP) is 3.43. The van der Waals surface area contributed by atoms with Gasteiger partial charge < -0.3 is 10.4 Å². The lowest BCUT2D eigenvalue weighted by atomic mass is 9.91. The minimum absolute atomic E-state index is 0.0403. The quantitative estimate of drug-likeness (QED) is 0.251. The highest BCUT2D eigenvalue weighted by molar-refractivity contribution is 7.89. The molecule has 0 aliphatic rings. The lowest BCUT2D eigenvalue weighted by Crippen LogP contribution is -2.60. The number of hydrazine groups is 1. The number of likely N-dealkylation sites (N-methyl/N-ethyl adjacent to an activating group) is 1. The summed E-state index contributed by atoms with van der Waals surface area (Å²) in [5.41, 5.74) is 5.50. The molecule has 0 aliphatic heterocycles. The zero-order valence-corrected chi connectivity index (χ0v) is 26.8. The molecule has 3 aromatic rings. The Hall–Kier alpha value is -2.90. The molecule has 12 heteroatoms. The monoisotopic (exact) mass is 617 g/mol. The lowest BCUT2D eigenvalue weighted by Gasteiger charge is -2.38. The number of carbonyl (C=O) groups excluding carboxylic acids is 2. The fourth-order valence-corrected chi connectivity index (χ4v) is 7.05. The van der Waals surface area contributed by atoms with Crippen molar-refractivity contribution in [3.05, 3.63) is 59.6 Å². The summed E-state index contributed by atoms with van der Waals surface area (Å²) in [6, 6.07) is 13.2. The Morgan fingerprint density at radius 3 is 2.38 bits per heavy atom. The number of hydrogen-bond acceptors (Lipinski definition) is 8. The highest BCUT2D eigenvalue weighted by Crippen LogP contribution is 2.26. The number of aromatic nitrogens is 1. The van der Waals surface area contributed by atoms with Gasteiger partial charge in [0, 0.05) is 19.5 Å². The number of amides is 2. The van der Waals surface area contributed by atoms with E-state index in [2.05, 4.69) is 15.7 Å². The van der Waals surface area contributed by atoms with Crippen LogP contribution in [-0.2, 0) is 26.0 Å². The normalized spacial score (nSPS) is 13.8. The van der Waals surface area contributed by atoms with E-state index in [1.807, 2.05) is 65.0 Å². The number of nitrogens with one attached hydrogen (secondary N) is 2. The number of aliphatic hydroxyl groups excluding tert-OH is 1. The van der Waals surface area contributed by atoms with Gasteiger partial charge in [-0.2, -0.15) is 4.31 Å². The summed E-state index contributed by atoms with van der Waals surface area (Å²) in [7, 11) is -2.40. The third kappa shape index (κ3) is 9.30. The molecule has 3 N–H and O–H groups in total. The molecule has 3 rings (SSSR count). The molecule has 42 heavy (non-hydrogen) atoms. The van der Waals surface area contributed by atoms with Crippen LogP contribution in [0.4, 0.5) is 0 Å². The number of benzene rings is 2. The predicted molar refractivity (Wildman–Crippen MR) is 166 cm³/mol. The summed E-state index contributed by atoms with van der Waals surface area (Å²) < 4.78 is 29.9. The first-order chi connectivity index (χ1) is 19.7. The van der Waals surface area contributed by atoms with Crippen LogP contribution >= 0.6 is 11.3 Å². The summed E-state index contributed by atoms with van der Waals surface area (Å²) in [6.45, 7) is 9.38. The molecule has 2 aromatic carbocycles. The van der Waals surface area contributed by atoms with Gasteiger partial charge in [-0.25, -0.2) is 18.4 Å². The average Bonchev–Trinajstić information content (AvgIpc) is 3.38. The van der Waals surface area contributed by atoms with Crippen LogP contribution in [0.3, 0.4) is 0 Å². The van der Waals surface area contributed by atoms with Crippen LogP contribution < -0.4 is 10.7 Å². The maximum Gasteiger partial charge on any atom is 0.252 e. The van der Waals surface area contributed by atoms with E-state index < -0.39 is 33.5 Å². The van der Waals surface area contributed by atoms with E-state index in [0.29, 0.717) is 5.52 Å². The Balaban J connectivity index is 2.03. The van der Waals surface area contributed by atoms with Crippen LogP contribution in [0.1, 0.15) is 46.6 Å². The van der Waals surface area contributed by atoms with Crippen molar-refractivity contribution in [2.24, 2.45) is 11.3 Å². The van der Waals surface area contributed by atoms with Crippen LogP contribution in [0.25, 0.3) is 10.2 Å². The summed E-state index contributed by atoms with van der Waals surface area (Å²) in [5, 5.41) is 15.8.